The Kier molecular flexibility index (Phi) is 4.94. The Morgan fingerprint density at radius 1 is 1.27 bits per heavy atom. The molecule has 1 amide bonds. The van der Waals surface area contributed by atoms with Gasteiger partial charge in [0.25, 0.3) is 5.91 Å². The highest BCUT2D eigenvalue weighted by molar-refractivity contribution is 5.96. The van der Waals surface area contributed by atoms with Crippen LogP contribution in [0.4, 0.5) is 14.5 Å². The summed E-state index contributed by atoms with van der Waals surface area (Å²) in [6.07, 6.45) is 1.19. The molecule has 0 N–H and O–H groups in total. The summed E-state index contributed by atoms with van der Waals surface area (Å²) in [5, 5.41) is 14.9. The van der Waals surface area contributed by atoms with Gasteiger partial charge in [-0.2, -0.15) is 5.10 Å². The first-order valence-electron chi connectivity index (χ1n) is 7.99. The fourth-order valence-electron chi connectivity index (χ4n) is 2.93. The average Bonchev–Trinajstić information content (AvgIpc) is 3.01. The molecule has 1 fully saturated rings. The van der Waals surface area contributed by atoms with Gasteiger partial charge in [0.2, 0.25) is 5.69 Å². The zero-order valence-corrected chi connectivity index (χ0v) is 14.1. The number of aromatic nitrogens is 2. The molecule has 3 rings (SSSR count). The molecule has 2 heterocycles. The highest BCUT2D eigenvalue weighted by Crippen LogP contribution is 2.20. The van der Waals surface area contributed by atoms with Crippen molar-refractivity contribution in [3.63, 3.8) is 0 Å². The summed E-state index contributed by atoms with van der Waals surface area (Å²) >= 11 is 0. The van der Waals surface area contributed by atoms with Crippen LogP contribution in [0.15, 0.2) is 24.4 Å². The molecule has 1 aromatic carbocycles. The van der Waals surface area contributed by atoms with Crippen molar-refractivity contribution in [1.82, 2.24) is 19.6 Å². The average molecular weight is 365 g/mol. The second-order valence-corrected chi connectivity index (χ2v) is 6.08. The maximum atomic E-state index is 13.8. The Morgan fingerprint density at radius 3 is 2.62 bits per heavy atom. The van der Waals surface area contributed by atoms with Crippen molar-refractivity contribution < 1.29 is 18.5 Å². The van der Waals surface area contributed by atoms with Gasteiger partial charge < -0.3 is 4.90 Å². The molecule has 1 aliphatic heterocycles. The SMILES string of the molecule is Cn1cc([N+](=O)[O-])c(C(=O)N2CCN(Cc3cccc(F)c3F)CC2)n1. The number of nitrogens with zero attached hydrogens (tertiary/aromatic N) is 5. The molecule has 0 radical (unpaired) electrons. The largest absolute Gasteiger partial charge is 0.334 e. The highest BCUT2D eigenvalue weighted by atomic mass is 19.2. The van der Waals surface area contributed by atoms with E-state index in [1.54, 1.807) is 0 Å². The summed E-state index contributed by atoms with van der Waals surface area (Å²) in [5.74, 6) is -2.26. The topological polar surface area (TPSA) is 84.5 Å². The van der Waals surface area contributed by atoms with Gasteiger partial charge in [0.05, 0.1) is 4.92 Å². The molecule has 1 saturated heterocycles. The molecule has 0 aliphatic carbocycles. The molecule has 26 heavy (non-hydrogen) atoms. The first-order chi connectivity index (χ1) is 12.4. The quantitative estimate of drug-likeness (QED) is 0.606. The number of hydrogen-bond donors (Lipinski definition) is 0. The van der Waals surface area contributed by atoms with E-state index < -0.39 is 22.5 Å². The summed E-state index contributed by atoms with van der Waals surface area (Å²) in [6.45, 7) is 1.77. The van der Waals surface area contributed by atoms with Gasteiger partial charge in [0.1, 0.15) is 6.20 Å². The lowest BCUT2D eigenvalue weighted by molar-refractivity contribution is -0.385. The molecule has 0 spiro atoms. The molecule has 2 aromatic rings. The summed E-state index contributed by atoms with van der Waals surface area (Å²) in [4.78, 5) is 26.3. The molecule has 10 heteroatoms. The smallest absolute Gasteiger partial charge is 0.320 e. The van der Waals surface area contributed by atoms with E-state index in [0.29, 0.717) is 26.2 Å². The van der Waals surface area contributed by atoms with E-state index in [1.165, 1.54) is 35.0 Å². The third-order valence-corrected chi connectivity index (χ3v) is 4.29. The maximum absolute atomic E-state index is 13.8. The summed E-state index contributed by atoms with van der Waals surface area (Å²) < 4.78 is 28.3. The molecule has 138 valence electrons. The van der Waals surface area contributed by atoms with Gasteiger partial charge in [-0.25, -0.2) is 8.78 Å². The van der Waals surface area contributed by atoms with Gasteiger partial charge in [-0.1, -0.05) is 12.1 Å². The predicted molar refractivity (Wildman–Crippen MR) is 87.4 cm³/mol. The normalized spacial score (nSPS) is 15.3. The Morgan fingerprint density at radius 2 is 1.96 bits per heavy atom. The lowest BCUT2D eigenvalue weighted by Crippen LogP contribution is -2.48. The van der Waals surface area contributed by atoms with Crippen molar-refractivity contribution in [2.75, 3.05) is 26.2 Å². The van der Waals surface area contributed by atoms with Crippen LogP contribution in [0.3, 0.4) is 0 Å². The number of carbonyl (C=O) groups is 1. The first kappa shape index (κ1) is 17.9. The fourth-order valence-corrected chi connectivity index (χ4v) is 2.93. The minimum absolute atomic E-state index is 0.192. The standard InChI is InChI=1S/C16H17F2N5O3/c1-20-10-13(23(25)26)15(19-20)16(24)22-7-5-21(6-8-22)9-11-3-2-4-12(17)14(11)18/h2-4,10H,5-9H2,1H3. The van der Waals surface area contributed by atoms with Crippen molar-refractivity contribution in [3.8, 4) is 0 Å². The minimum atomic E-state index is -0.890. The van der Waals surface area contributed by atoms with Gasteiger partial charge in [-0.05, 0) is 6.07 Å². The molecule has 1 aromatic heterocycles. The van der Waals surface area contributed by atoms with E-state index in [1.807, 2.05) is 4.90 Å². The van der Waals surface area contributed by atoms with E-state index >= 15 is 0 Å². The zero-order chi connectivity index (χ0) is 18.8. The van der Waals surface area contributed by atoms with Gasteiger partial charge in [0.15, 0.2) is 11.6 Å². The van der Waals surface area contributed by atoms with Crippen LogP contribution in [0.5, 0.6) is 0 Å². The van der Waals surface area contributed by atoms with Gasteiger partial charge in [0, 0.05) is 45.3 Å². The van der Waals surface area contributed by atoms with Crippen LogP contribution in [0.25, 0.3) is 0 Å². The summed E-state index contributed by atoms with van der Waals surface area (Å²) in [5.41, 5.74) is -0.269. The fraction of sp³-hybridized carbons (Fsp3) is 0.375. The van der Waals surface area contributed by atoms with Crippen LogP contribution < -0.4 is 0 Å². The lowest BCUT2D eigenvalue weighted by Gasteiger charge is -2.34. The number of hydrogen-bond acceptors (Lipinski definition) is 5. The van der Waals surface area contributed by atoms with Crippen LogP contribution in [-0.2, 0) is 13.6 Å². The van der Waals surface area contributed by atoms with Crippen LogP contribution in [0.1, 0.15) is 16.1 Å². The predicted octanol–water partition coefficient (Wildman–Crippen LogP) is 1.56. The van der Waals surface area contributed by atoms with E-state index in [2.05, 4.69) is 5.10 Å². The number of aryl methyl sites for hydroxylation is 1. The molecule has 0 atom stereocenters. The van der Waals surface area contributed by atoms with E-state index in [-0.39, 0.29) is 23.5 Å². The number of benzene rings is 1. The molecular formula is C16H17F2N5O3. The first-order valence-corrected chi connectivity index (χ1v) is 7.99. The second kappa shape index (κ2) is 7.16. The third kappa shape index (κ3) is 3.54. The molecule has 0 unspecified atom stereocenters. The van der Waals surface area contributed by atoms with Crippen LogP contribution >= 0.6 is 0 Å². The Balaban J connectivity index is 1.64. The summed E-state index contributed by atoms with van der Waals surface area (Å²) in [7, 11) is 1.51. The molecule has 0 saturated carbocycles. The van der Waals surface area contributed by atoms with E-state index in [9.17, 15) is 23.7 Å². The number of nitro groups is 1. The number of halogens is 2. The van der Waals surface area contributed by atoms with Crippen molar-refractivity contribution >= 4 is 11.6 Å². The van der Waals surface area contributed by atoms with Crippen molar-refractivity contribution in [1.29, 1.82) is 0 Å². The van der Waals surface area contributed by atoms with Crippen molar-refractivity contribution in [3.05, 3.63) is 57.4 Å². The van der Waals surface area contributed by atoms with Gasteiger partial charge in [-0.3, -0.25) is 24.5 Å². The van der Waals surface area contributed by atoms with Gasteiger partial charge >= 0.3 is 5.69 Å². The highest BCUT2D eigenvalue weighted by Gasteiger charge is 2.31. The molecule has 8 nitrogen and oxygen atoms in total. The molecular weight excluding hydrogens is 348 g/mol. The number of carbonyl (C=O) groups excluding carboxylic acids is 1. The van der Waals surface area contributed by atoms with Crippen LogP contribution in [-0.4, -0.2) is 56.6 Å². The van der Waals surface area contributed by atoms with Crippen LogP contribution in [0.2, 0.25) is 0 Å². The monoisotopic (exact) mass is 365 g/mol. The van der Waals surface area contributed by atoms with E-state index in [0.717, 1.165) is 6.07 Å². The zero-order valence-electron chi connectivity index (χ0n) is 14.1. The number of amides is 1. The second-order valence-electron chi connectivity index (χ2n) is 6.08. The number of rotatable bonds is 4. The minimum Gasteiger partial charge on any atom is -0.334 e. The number of piperazine rings is 1. The molecule has 1 aliphatic rings. The van der Waals surface area contributed by atoms with Crippen LogP contribution in [0, 0.1) is 21.7 Å². The van der Waals surface area contributed by atoms with Crippen molar-refractivity contribution in [2.45, 2.75) is 6.54 Å². The molecule has 0 bridgehead atoms. The van der Waals surface area contributed by atoms with Crippen molar-refractivity contribution in [2.24, 2.45) is 7.05 Å². The van der Waals surface area contributed by atoms with Gasteiger partial charge in [-0.15, -0.1) is 0 Å². The Labute approximate surface area is 147 Å². The van der Waals surface area contributed by atoms with E-state index in [4.69, 9.17) is 0 Å². The summed E-state index contributed by atoms with van der Waals surface area (Å²) in [6, 6.07) is 4.04. The Bertz CT molecular complexity index is 846. The maximum Gasteiger partial charge on any atom is 0.320 e. The lowest BCUT2D eigenvalue weighted by atomic mass is 10.1. The Hall–Kier alpha value is -2.88. The third-order valence-electron chi connectivity index (χ3n) is 4.29.